The number of nitrogen functional groups attached to an aromatic ring is 1. The highest BCUT2D eigenvalue weighted by Crippen LogP contribution is 2.36. The molecule has 1 unspecified atom stereocenters. The largest absolute Gasteiger partial charge is 0.489 e. The van der Waals surface area contributed by atoms with E-state index in [0.717, 1.165) is 46.7 Å². The standard InChI is InChI=1S/C24H24N6O2S/c1-2-20(31)29-10-6-7-17(12-29)30-24-21(23(25)26-15-27-24)22(28-30)19-11-16(14-33-19)13-32-18-8-4-3-5-9-18/h2-5,8-9,11,14-15,17H,1,6-7,10,12-13H2,(H2,25,26,27). The van der Waals surface area contributed by atoms with Crippen molar-refractivity contribution >= 4 is 34.1 Å². The van der Waals surface area contributed by atoms with Crippen LogP contribution in [0.3, 0.4) is 0 Å². The zero-order valence-corrected chi connectivity index (χ0v) is 18.9. The van der Waals surface area contributed by atoms with E-state index in [4.69, 9.17) is 15.6 Å². The number of aromatic nitrogens is 4. The number of carbonyl (C=O) groups is 1. The van der Waals surface area contributed by atoms with E-state index in [1.54, 1.807) is 11.3 Å². The topological polar surface area (TPSA) is 99.2 Å². The van der Waals surface area contributed by atoms with Crippen molar-refractivity contribution in [2.24, 2.45) is 0 Å². The van der Waals surface area contributed by atoms with Crippen LogP contribution in [0.2, 0.25) is 0 Å². The third-order valence-electron chi connectivity index (χ3n) is 5.78. The Balaban J connectivity index is 1.46. The molecular formula is C24H24N6O2S. The summed E-state index contributed by atoms with van der Waals surface area (Å²) >= 11 is 1.59. The summed E-state index contributed by atoms with van der Waals surface area (Å²) in [6, 6.07) is 11.8. The molecule has 4 heterocycles. The van der Waals surface area contributed by atoms with Gasteiger partial charge < -0.3 is 15.4 Å². The average Bonchev–Trinajstić information content (AvgIpc) is 3.48. The molecule has 1 fully saturated rings. The molecule has 3 aromatic heterocycles. The Morgan fingerprint density at radius 1 is 1.30 bits per heavy atom. The lowest BCUT2D eigenvalue weighted by Gasteiger charge is -2.32. The highest BCUT2D eigenvalue weighted by atomic mass is 32.1. The Morgan fingerprint density at radius 2 is 2.15 bits per heavy atom. The minimum absolute atomic E-state index is 0.00838. The summed E-state index contributed by atoms with van der Waals surface area (Å²) in [5.41, 5.74) is 8.77. The minimum Gasteiger partial charge on any atom is -0.489 e. The highest BCUT2D eigenvalue weighted by molar-refractivity contribution is 7.13. The SMILES string of the molecule is C=CC(=O)N1CCCC(n2nc(-c3cc(COc4ccccc4)cs3)c3c(N)ncnc32)C1. The van der Waals surface area contributed by atoms with Gasteiger partial charge in [-0.25, -0.2) is 14.6 Å². The monoisotopic (exact) mass is 460 g/mol. The first-order valence-electron chi connectivity index (χ1n) is 10.8. The molecule has 0 radical (unpaired) electrons. The molecule has 9 heteroatoms. The van der Waals surface area contributed by atoms with E-state index in [9.17, 15) is 4.79 Å². The molecule has 4 aromatic rings. The fourth-order valence-electron chi connectivity index (χ4n) is 4.16. The van der Waals surface area contributed by atoms with Gasteiger partial charge in [0.2, 0.25) is 5.91 Å². The van der Waals surface area contributed by atoms with Gasteiger partial charge in [-0.3, -0.25) is 4.79 Å². The number of hydrogen-bond acceptors (Lipinski definition) is 7. The molecule has 1 aromatic carbocycles. The molecule has 0 aliphatic carbocycles. The summed E-state index contributed by atoms with van der Waals surface area (Å²) in [6.07, 6.45) is 4.62. The number of benzene rings is 1. The number of hydrogen-bond donors (Lipinski definition) is 1. The van der Waals surface area contributed by atoms with Crippen LogP contribution >= 0.6 is 11.3 Å². The van der Waals surface area contributed by atoms with Gasteiger partial charge in [-0.05, 0) is 42.5 Å². The molecule has 8 nitrogen and oxygen atoms in total. The molecule has 0 bridgehead atoms. The predicted molar refractivity (Wildman–Crippen MR) is 129 cm³/mol. The second kappa shape index (κ2) is 9.03. The molecule has 1 saturated heterocycles. The maximum Gasteiger partial charge on any atom is 0.246 e. The van der Waals surface area contributed by atoms with E-state index in [2.05, 4.69) is 28.0 Å². The highest BCUT2D eigenvalue weighted by Gasteiger charge is 2.28. The molecule has 0 saturated carbocycles. The number of anilines is 1. The number of nitrogens with zero attached hydrogens (tertiary/aromatic N) is 5. The number of para-hydroxylation sites is 1. The van der Waals surface area contributed by atoms with Gasteiger partial charge in [-0.1, -0.05) is 24.8 Å². The zero-order valence-electron chi connectivity index (χ0n) is 18.1. The Hall–Kier alpha value is -3.72. The van der Waals surface area contributed by atoms with Crippen molar-refractivity contribution in [1.29, 1.82) is 0 Å². The van der Waals surface area contributed by atoms with Crippen LogP contribution in [-0.2, 0) is 11.4 Å². The van der Waals surface area contributed by atoms with Gasteiger partial charge in [-0.15, -0.1) is 11.3 Å². The zero-order chi connectivity index (χ0) is 22.8. The van der Waals surface area contributed by atoms with Gasteiger partial charge in [0, 0.05) is 18.7 Å². The van der Waals surface area contributed by atoms with E-state index < -0.39 is 0 Å². The summed E-state index contributed by atoms with van der Waals surface area (Å²) in [6.45, 7) is 5.36. The molecule has 33 heavy (non-hydrogen) atoms. The number of thiophene rings is 1. The minimum atomic E-state index is -0.0631. The van der Waals surface area contributed by atoms with Gasteiger partial charge in [0.1, 0.15) is 30.2 Å². The molecule has 0 spiro atoms. The van der Waals surface area contributed by atoms with Crippen LogP contribution in [0.15, 0.2) is 60.8 Å². The van der Waals surface area contributed by atoms with E-state index in [-0.39, 0.29) is 11.9 Å². The fourth-order valence-corrected chi connectivity index (χ4v) is 5.05. The van der Waals surface area contributed by atoms with Crippen molar-refractivity contribution in [3.8, 4) is 16.3 Å². The smallest absolute Gasteiger partial charge is 0.246 e. The van der Waals surface area contributed by atoms with Gasteiger partial charge >= 0.3 is 0 Å². The average molecular weight is 461 g/mol. The van der Waals surface area contributed by atoms with Crippen LogP contribution in [0.1, 0.15) is 24.4 Å². The maximum atomic E-state index is 12.2. The van der Waals surface area contributed by atoms with Crippen molar-refractivity contribution < 1.29 is 9.53 Å². The second-order valence-corrected chi connectivity index (χ2v) is 8.87. The van der Waals surface area contributed by atoms with E-state index in [1.807, 2.05) is 39.9 Å². The molecule has 168 valence electrons. The quantitative estimate of drug-likeness (QED) is 0.436. The first kappa shape index (κ1) is 21.1. The molecule has 1 atom stereocenters. The number of amides is 1. The van der Waals surface area contributed by atoms with Crippen LogP contribution in [0.5, 0.6) is 5.75 Å². The van der Waals surface area contributed by atoms with Crippen molar-refractivity contribution in [3.63, 3.8) is 0 Å². The molecule has 1 aliphatic rings. The number of ether oxygens (including phenoxy) is 1. The Kier molecular flexibility index (Phi) is 5.78. The Bertz CT molecular complexity index is 1300. The Morgan fingerprint density at radius 3 is 2.97 bits per heavy atom. The number of rotatable bonds is 6. The molecule has 5 rings (SSSR count). The number of piperidine rings is 1. The molecule has 1 aliphatic heterocycles. The van der Waals surface area contributed by atoms with Crippen molar-refractivity contribution in [1.82, 2.24) is 24.6 Å². The first-order chi connectivity index (χ1) is 16.1. The van der Waals surface area contributed by atoms with E-state index in [1.165, 1.54) is 12.4 Å². The molecular weight excluding hydrogens is 436 g/mol. The number of likely N-dealkylation sites (tertiary alicyclic amines) is 1. The van der Waals surface area contributed by atoms with Gasteiger partial charge in [0.05, 0.1) is 16.3 Å². The van der Waals surface area contributed by atoms with Gasteiger partial charge in [0.25, 0.3) is 0 Å². The van der Waals surface area contributed by atoms with Crippen LogP contribution in [0.4, 0.5) is 5.82 Å². The molecule has 1 amide bonds. The summed E-state index contributed by atoms with van der Waals surface area (Å²) in [5, 5.41) is 7.74. The Labute approximate surface area is 195 Å². The van der Waals surface area contributed by atoms with Crippen LogP contribution in [0, 0.1) is 0 Å². The van der Waals surface area contributed by atoms with Gasteiger partial charge in [-0.2, -0.15) is 5.10 Å². The van der Waals surface area contributed by atoms with E-state index >= 15 is 0 Å². The third-order valence-corrected chi connectivity index (χ3v) is 6.77. The fraction of sp³-hybridized carbons (Fsp3) is 0.250. The summed E-state index contributed by atoms with van der Waals surface area (Å²) in [5.74, 6) is 1.16. The summed E-state index contributed by atoms with van der Waals surface area (Å²) in [7, 11) is 0. The number of nitrogens with two attached hydrogens (primary N) is 1. The summed E-state index contributed by atoms with van der Waals surface area (Å²) < 4.78 is 7.79. The van der Waals surface area contributed by atoms with Crippen molar-refractivity contribution in [2.45, 2.75) is 25.5 Å². The number of carbonyl (C=O) groups excluding carboxylic acids is 1. The predicted octanol–water partition coefficient (Wildman–Crippen LogP) is 4.07. The lowest BCUT2D eigenvalue weighted by atomic mass is 10.1. The van der Waals surface area contributed by atoms with Crippen molar-refractivity contribution in [3.05, 3.63) is 66.3 Å². The normalized spacial score (nSPS) is 16.1. The van der Waals surface area contributed by atoms with Crippen molar-refractivity contribution in [2.75, 3.05) is 18.8 Å². The van der Waals surface area contributed by atoms with E-state index in [0.29, 0.717) is 24.6 Å². The maximum absolute atomic E-state index is 12.2. The lowest BCUT2D eigenvalue weighted by molar-refractivity contribution is -0.127. The van der Waals surface area contributed by atoms with Crippen LogP contribution in [0.25, 0.3) is 21.6 Å². The van der Waals surface area contributed by atoms with Gasteiger partial charge in [0.15, 0.2) is 5.65 Å². The molecule has 2 N–H and O–H groups in total. The second-order valence-electron chi connectivity index (χ2n) is 7.96. The van der Waals surface area contributed by atoms with Crippen LogP contribution < -0.4 is 10.5 Å². The number of fused-ring (bicyclic) bond motifs is 1. The summed E-state index contributed by atoms with van der Waals surface area (Å²) in [4.78, 5) is 23.7. The van der Waals surface area contributed by atoms with Crippen LogP contribution in [-0.4, -0.2) is 43.6 Å². The lowest BCUT2D eigenvalue weighted by Crippen LogP contribution is -2.40. The third kappa shape index (κ3) is 4.19. The first-order valence-corrected chi connectivity index (χ1v) is 11.7.